The van der Waals surface area contributed by atoms with E-state index < -0.39 is 6.61 Å². The van der Waals surface area contributed by atoms with Gasteiger partial charge < -0.3 is 14.8 Å². The van der Waals surface area contributed by atoms with Gasteiger partial charge in [0.15, 0.2) is 11.5 Å². The molecule has 1 saturated carbocycles. The SMILES string of the molecule is COc1cc(CCN[C@@H]2CCC[C@@H](N3C(=O)c4ccccc4C3=O)C2)ccc1OC(F)F. The molecule has 0 radical (unpaired) electrons. The maximum absolute atomic E-state index is 12.8. The summed E-state index contributed by atoms with van der Waals surface area (Å²) in [6.07, 6.45) is 4.12. The molecule has 0 bridgehead atoms. The molecule has 2 atom stereocenters. The van der Waals surface area contributed by atoms with E-state index in [0.29, 0.717) is 24.1 Å². The zero-order valence-corrected chi connectivity index (χ0v) is 17.9. The first-order valence-electron chi connectivity index (χ1n) is 10.8. The second kappa shape index (κ2) is 9.65. The maximum Gasteiger partial charge on any atom is 0.387 e. The van der Waals surface area contributed by atoms with Gasteiger partial charge in [-0.2, -0.15) is 8.78 Å². The van der Waals surface area contributed by atoms with Crippen LogP contribution < -0.4 is 14.8 Å². The van der Waals surface area contributed by atoms with E-state index in [0.717, 1.165) is 31.2 Å². The van der Waals surface area contributed by atoms with Gasteiger partial charge in [-0.3, -0.25) is 14.5 Å². The van der Waals surface area contributed by atoms with Crippen molar-refractivity contribution in [3.8, 4) is 11.5 Å². The number of rotatable bonds is 8. The van der Waals surface area contributed by atoms with Crippen molar-refractivity contribution in [3.63, 3.8) is 0 Å². The molecule has 2 amide bonds. The van der Waals surface area contributed by atoms with Crippen LogP contribution in [-0.4, -0.2) is 49.1 Å². The Balaban J connectivity index is 1.33. The lowest BCUT2D eigenvalue weighted by Crippen LogP contribution is -2.47. The fourth-order valence-corrected chi connectivity index (χ4v) is 4.60. The molecule has 32 heavy (non-hydrogen) atoms. The van der Waals surface area contributed by atoms with Crippen molar-refractivity contribution in [3.05, 3.63) is 59.2 Å². The number of hydrogen-bond donors (Lipinski definition) is 1. The van der Waals surface area contributed by atoms with Crippen LogP contribution in [0.2, 0.25) is 0 Å². The summed E-state index contributed by atoms with van der Waals surface area (Å²) in [4.78, 5) is 27.0. The number of benzene rings is 2. The lowest BCUT2D eigenvalue weighted by atomic mass is 9.89. The minimum absolute atomic E-state index is 0.00951. The van der Waals surface area contributed by atoms with Gasteiger partial charge in [-0.05, 0) is 68.5 Å². The van der Waals surface area contributed by atoms with Crippen LogP contribution in [0.4, 0.5) is 8.78 Å². The number of amides is 2. The molecule has 4 rings (SSSR count). The highest BCUT2D eigenvalue weighted by Gasteiger charge is 2.41. The standard InChI is InChI=1S/C24H26F2N2O4/c1-31-21-13-15(9-10-20(21)32-24(25)26)11-12-27-16-5-4-6-17(14-16)28-22(29)18-7-2-3-8-19(18)23(28)30/h2-3,7-10,13,16-17,24,27H,4-6,11-12,14H2,1H3/t16-,17-/m1/s1. The quantitative estimate of drug-likeness (QED) is 0.623. The highest BCUT2D eigenvalue weighted by molar-refractivity contribution is 6.21. The third-order valence-corrected chi connectivity index (χ3v) is 6.13. The van der Waals surface area contributed by atoms with E-state index >= 15 is 0 Å². The smallest absolute Gasteiger partial charge is 0.387 e. The number of fused-ring (bicyclic) bond motifs is 1. The minimum Gasteiger partial charge on any atom is -0.493 e. The van der Waals surface area contributed by atoms with E-state index in [1.54, 1.807) is 36.4 Å². The normalized spacial score (nSPS) is 20.6. The van der Waals surface area contributed by atoms with E-state index in [9.17, 15) is 18.4 Å². The molecule has 1 aliphatic heterocycles. The Bertz CT molecular complexity index is 963. The van der Waals surface area contributed by atoms with Crippen molar-refractivity contribution in [1.82, 2.24) is 10.2 Å². The molecule has 0 aromatic heterocycles. The Hall–Kier alpha value is -3.00. The monoisotopic (exact) mass is 444 g/mol. The fourth-order valence-electron chi connectivity index (χ4n) is 4.60. The van der Waals surface area contributed by atoms with Crippen LogP contribution in [0.5, 0.6) is 11.5 Å². The number of alkyl halides is 2. The first kappa shape index (κ1) is 22.2. The Kier molecular flexibility index (Phi) is 6.69. The van der Waals surface area contributed by atoms with Crippen LogP contribution >= 0.6 is 0 Å². The highest BCUT2D eigenvalue weighted by Crippen LogP contribution is 2.32. The molecule has 0 saturated heterocycles. The van der Waals surface area contributed by atoms with Gasteiger partial charge in [0.2, 0.25) is 0 Å². The van der Waals surface area contributed by atoms with Gasteiger partial charge in [0.1, 0.15) is 0 Å². The Labute approximate surface area is 185 Å². The summed E-state index contributed by atoms with van der Waals surface area (Å²) >= 11 is 0. The van der Waals surface area contributed by atoms with Crippen LogP contribution in [0.1, 0.15) is 52.0 Å². The van der Waals surface area contributed by atoms with Crippen LogP contribution in [0, 0.1) is 0 Å². The third kappa shape index (κ3) is 4.60. The molecule has 1 heterocycles. The fraction of sp³-hybridized carbons (Fsp3) is 0.417. The lowest BCUT2D eigenvalue weighted by Gasteiger charge is -2.34. The Morgan fingerprint density at radius 1 is 1.06 bits per heavy atom. The zero-order chi connectivity index (χ0) is 22.7. The molecule has 1 fully saturated rings. The van der Waals surface area contributed by atoms with Gasteiger partial charge in [0.25, 0.3) is 11.8 Å². The maximum atomic E-state index is 12.8. The molecule has 2 aliphatic rings. The Morgan fingerprint density at radius 2 is 1.78 bits per heavy atom. The summed E-state index contributed by atoms with van der Waals surface area (Å²) in [5, 5.41) is 3.52. The minimum atomic E-state index is -2.90. The van der Waals surface area contributed by atoms with Crippen molar-refractivity contribution in [2.45, 2.75) is 50.8 Å². The number of halogens is 2. The molecule has 170 valence electrons. The first-order chi connectivity index (χ1) is 15.5. The second-order valence-electron chi connectivity index (χ2n) is 8.11. The molecule has 1 aliphatic carbocycles. The van der Waals surface area contributed by atoms with Crippen molar-refractivity contribution in [1.29, 1.82) is 0 Å². The molecular formula is C24H26F2N2O4. The van der Waals surface area contributed by atoms with Gasteiger partial charge >= 0.3 is 6.61 Å². The van der Waals surface area contributed by atoms with Gasteiger partial charge in [-0.1, -0.05) is 18.2 Å². The summed E-state index contributed by atoms with van der Waals surface area (Å²) in [6, 6.07) is 12.0. The molecule has 0 unspecified atom stereocenters. The molecule has 2 aromatic rings. The average Bonchev–Trinajstić information content (AvgIpc) is 3.05. The van der Waals surface area contributed by atoms with Gasteiger partial charge in [-0.25, -0.2) is 0 Å². The summed E-state index contributed by atoms with van der Waals surface area (Å²) in [7, 11) is 1.41. The summed E-state index contributed by atoms with van der Waals surface area (Å²) in [5.41, 5.74) is 1.91. The number of nitrogens with zero attached hydrogens (tertiary/aromatic N) is 1. The average molecular weight is 444 g/mol. The van der Waals surface area contributed by atoms with E-state index in [-0.39, 0.29) is 35.4 Å². The second-order valence-corrected chi connectivity index (χ2v) is 8.11. The van der Waals surface area contributed by atoms with Gasteiger partial charge in [0, 0.05) is 12.1 Å². The molecule has 2 aromatic carbocycles. The summed E-state index contributed by atoms with van der Waals surface area (Å²) in [6.45, 7) is -2.23. The third-order valence-electron chi connectivity index (χ3n) is 6.13. The number of imide groups is 1. The summed E-state index contributed by atoms with van der Waals surface area (Å²) < 4.78 is 34.6. The highest BCUT2D eigenvalue weighted by atomic mass is 19.3. The Morgan fingerprint density at radius 3 is 2.44 bits per heavy atom. The lowest BCUT2D eigenvalue weighted by molar-refractivity contribution is -0.0512. The molecule has 8 heteroatoms. The molecule has 1 N–H and O–H groups in total. The number of hydrogen-bond acceptors (Lipinski definition) is 5. The number of nitrogens with one attached hydrogen (secondary N) is 1. The van der Waals surface area contributed by atoms with E-state index in [4.69, 9.17) is 4.74 Å². The van der Waals surface area contributed by atoms with E-state index in [1.165, 1.54) is 18.1 Å². The largest absolute Gasteiger partial charge is 0.493 e. The van der Waals surface area contributed by atoms with Crippen molar-refractivity contribution in [2.75, 3.05) is 13.7 Å². The van der Waals surface area contributed by atoms with Crippen molar-refractivity contribution >= 4 is 11.8 Å². The number of carbonyl (C=O) groups is 2. The van der Waals surface area contributed by atoms with E-state index in [2.05, 4.69) is 10.1 Å². The van der Waals surface area contributed by atoms with Gasteiger partial charge in [-0.15, -0.1) is 0 Å². The first-order valence-corrected chi connectivity index (χ1v) is 10.8. The van der Waals surface area contributed by atoms with Crippen LogP contribution in [0.3, 0.4) is 0 Å². The van der Waals surface area contributed by atoms with Crippen LogP contribution in [0.25, 0.3) is 0 Å². The van der Waals surface area contributed by atoms with Crippen LogP contribution in [-0.2, 0) is 6.42 Å². The summed E-state index contributed by atoms with van der Waals surface area (Å²) in [5.74, 6) is -0.120. The molecule has 0 spiro atoms. The van der Waals surface area contributed by atoms with Crippen LogP contribution in [0.15, 0.2) is 42.5 Å². The van der Waals surface area contributed by atoms with Crippen molar-refractivity contribution in [2.24, 2.45) is 0 Å². The molecular weight excluding hydrogens is 418 g/mol. The van der Waals surface area contributed by atoms with E-state index in [1.807, 2.05) is 0 Å². The zero-order valence-electron chi connectivity index (χ0n) is 17.9. The number of ether oxygens (including phenoxy) is 2. The van der Waals surface area contributed by atoms with Crippen molar-refractivity contribution < 1.29 is 27.8 Å². The predicted molar refractivity (Wildman–Crippen MR) is 114 cm³/mol. The van der Waals surface area contributed by atoms with Gasteiger partial charge in [0.05, 0.1) is 18.2 Å². The molecule has 6 nitrogen and oxygen atoms in total. The topological polar surface area (TPSA) is 67.9 Å². The predicted octanol–water partition coefficient (Wildman–Crippen LogP) is 4.04. The number of methoxy groups -OCH3 is 1. The number of carbonyl (C=O) groups excluding carboxylic acids is 2.